The maximum absolute atomic E-state index is 10.2. The molecule has 0 N–H and O–H groups in total. The van der Waals surface area contributed by atoms with Crippen molar-refractivity contribution in [3.8, 4) is 0 Å². The molecule has 0 amide bonds. The Labute approximate surface area is 81.6 Å². The zero-order chi connectivity index (χ0) is 6.62. The summed E-state index contributed by atoms with van der Waals surface area (Å²) in [7, 11) is -3.52. The molecule has 0 heterocycles. The third-order valence-electron chi connectivity index (χ3n) is 0.418. The van der Waals surface area contributed by atoms with Gasteiger partial charge in [-0.3, -0.25) is 0 Å². The molecule has 0 aromatic carbocycles. The fourth-order valence-corrected chi connectivity index (χ4v) is 0.664. The minimum atomic E-state index is -3.52. The molecule has 0 atom stereocenters. The molecule has 6 heteroatoms. The van der Waals surface area contributed by atoms with E-state index in [-0.39, 0.29) is 35.3 Å². The van der Waals surface area contributed by atoms with E-state index < -0.39 is 10.1 Å². The Morgan fingerprint density at radius 2 is 2.11 bits per heavy atom. The van der Waals surface area contributed by atoms with E-state index in [1.54, 1.807) is 0 Å². The van der Waals surface area contributed by atoms with Crippen LogP contribution in [0.25, 0.3) is 0 Å². The van der Waals surface area contributed by atoms with Gasteiger partial charge in [0.2, 0.25) is 0 Å². The van der Waals surface area contributed by atoms with Crippen LogP contribution in [0.1, 0.15) is 0 Å². The van der Waals surface area contributed by atoms with Crippen LogP contribution in [0.15, 0.2) is 12.7 Å². The predicted octanol–water partition coefficient (Wildman–Crippen LogP) is 0.0241. The van der Waals surface area contributed by atoms with E-state index in [0.29, 0.717) is 0 Å². The fraction of sp³-hybridized carbons (Fsp3) is 0.333. The van der Waals surface area contributed by atoms with Crippen molar-refractivity contribution in [1.82, 2.24) is 0 Å². The standard InChI is InChI=1S/C3H5ClO3S.Na.H/c1-2-3-8(5,6)7-4;;/h2H,1,3H2;;. The molecule has 0 radical (unpaired) electrons. The summed E-state index contributed by atoms with van der Waals surface area (Å²) >= 11 is 4.54. The van der Waals surface area contributed by atoms with E-state index in [9.17, 15) is 8.42 Å². The first-order chi connectivity index (χ1) is 3.62. The number of hydrogen-bond donors (Lipinski definition) is 0. The molecular formula is C3H6ClNaO3S. The Morgan fingerprint density at radius 1 is 1.67 bits per heavy atom. The van der Waals surface area contributed by atoms with Crippen LogP contribution in [-0.4, -0.2) is 43.7 Å². The number of halogens is 1. The summed E-state index contributed by atoms with van der Waals surface area (Å²) < 4.78 is 23.9. The van der Waals surface area contributed by atoms with Crippen molar-refractivity contribution < 1.29 is 12.2 Å². The monoisotopic (exact) mass is 180 g/mol. The Hall–Kier alpha value is 0.940. The van der Waals surface area contributed by atoms with Crippen molar-refractivity contribution >= 4 is 51.5 Å². The summed E-state index contributed by atoms with van der Waals surface area (Å²) in [6, 6.07) is 0. The molecule has 0 unspecified atom stereocenters. The quantitative estimate of drug-likeness (QED) is 0.455. The van der Waals surface area contributed by atoms with Gasteiger partial charge < -0.3 is 0 Å². The molecule has 0 fully saturated rings. The van der Waals surface area contributed by atoms with Gasteiger partial charge in [0, 0.05) is 0 Å². The molecule has 0 spiro atoms. The second-order valence-electron chi connectivity index (χ2n) is 1.08. The molecule has 9 heavy (non-hydrogen) atoms. The van der Waals surface area contributed by atoms with Crippen LogP contribution >= 0.6 is 11.9 Å². The van der Waals surface area contributed by atoms with Crippen LogP contribution in [0.3, 0.4) is 0 Å². The van der Waals surface area contributed by atoms with E-state index in [4.69, 9.17) is 0 Å². The molecule has 50 valence electrons. The second kappa shape index (κ2) is 5.70. The summed E-state index contributed by atoms with van der Waals surface area (Å²) in [5.74, 6) is -0.253. The molecule has 0 aromatic heterocycles. The second-order valence-corrected chi connectivity index (χ2v) is 3.03. The van der Waals surface area contributed by atoms with Gasteiger partial charge in [0.05, 0.1) is 17.6 Å². The molecule has 3 nitrogen and oxygen atoms in total. The summed E-state index contributed by atoms with van der Waals surface area (Å²) in [6.07, 6.45) is 1.19. The van der Waals surface area contributed by atoms with E-state index in [1.807, 2.05) is 0 Å². The Morgan fingerprint density at radius 3 is 2.22 bits per heavy atom. The normalized spacial score (nSPS) is 9.89. The van der Waals surface area contributed by atoms with Crippen molar-refractivity contribution in [1.29, 1.82) is 0 Å². The zero-order valence-electron chi connectivity index (χ0n) is 4.00. The molecule has 0 aromatic rings. The SMILES string of the molecule is C=CCS(=O)(=O)OCl.[NaH]. The minimum absolute atomic E-state index is 0. The Balaban J connectivity index is 0. The van der Waals surface area contributed by atoms with Gasteiger partial charge in [-0.2, -0.15) is 12.2 Å². The number of hydrogen-bond acceptors (Lipinski definition) is 3. The molecule has 0 aliphatic carbocycles. The van der Waals surface area contributed by atoms with Crippen molar-refractivity contribution in [2.75, 3.05) is 5.75 Å². The van der Waals surface area contributed by atoms with Crippen LogP contribution < -0.4 is 0 Å². The third-order valence-corrected chi connectivity index (χ3v) is 1.83. The number of rotatable bonds is 3. The average molecular weight is 181 g/mol. The van der Waals surface area contributed by atoms with Crippen molar-refractivity contribution in [2.24, 2.45) is 0 Å². The molecule has 0 saturated carbocycles. The van der Waals surface area contributed by atoms with Crippen LogP contribution in [-0.2, 0) is 13.9 Å². The first-order valence-corrected chi connectivity index (χ1v) is 3.65. The van der Waals surface area contributed by atoms with E-state index in [1.165, 1.54) is 6.08 Å². The Bertz CT molecular complexity index is 164. The van der Waals surface area contributed by atoms with Gasteiger partial charge in [-0.1, -0.05) is 6.08 Å². The predicted molar refractivity (Wildman–Crippen MR) is 38.1 cm³/mol. The fourth-order valence-electron chi connectivity index (χ4n) is 0.170. The van der Waals surface area contributed by atoms with Crippen LogP contribution in [0, 0.1) is 0 Å². The van der Waals surface area contributed by atoms with Gasteiger partial charge in [-0.05, 0) is 0 Å². The molecule has 0 bridgehead atoms. The first kappa shape index (κ1) is 12.6. The molecule has 0 rings (SSSR count). The summed E-state index contributed by atoms with van der Waals surface area (Å²) in [4.78, 5) is 0. The van der Waals surface area contributed by atoms with Crippen molar-refractivity contribution in [3.05, 3.63) is 12.7 Å². The Kier molecular flexibility index (Phi) is 7.99. The molecular weight excluding hydrogens is 175 g/mol. The third kappa shape index (κ3) is 6.83. The van der Waals surface area contributed by atoms with Crippen LogP contribution in [0.4, 0.5) is 0 Å². The van der Waals surface area contributed by atoms with Crippen LogP contribution in [0.5, 0.6) is 0 Å². The van der Waals surface area contributed by atoms with E-state index >= 15 is 0 Å². The summed E-state index contributed by atoms with van der Waals surface area (Å²) in [5.41, 5.74) is 0. The maximum atomic E-state index is 10.2. The molecule has 0 saturated heterocycles. The zero-order valence-corrected chi connectivity index (χ0v) is 5.57. The van der Waals surface area contributed by atoms with Crippen molar-refractivity contribution in [3.63, 3.8) is 0 Å². The summed E-state index contributed by atoms with van der Waals surface area (Å²) in [6.45, 7) is 3.18. The molecule has 0 aliphatic heterocycles. The molecule has 0 aliphatic rings. The first-order valence-electron chi connectivity index (χ1n) is 1.76. The van der Waals surface area contributed by atoms with E-state index in [2.05, 4.69) is 22.2 Å². The van der Waals surface area contributed by atoms with Crippen LogP contribution in [0.2, 0.25) is 0 Å². The van der Waals surface area contributed by atoms with Gasteiger partial charge in [0.25, 0.3) is 10.1 Å². The topological polar surface area (TPSA) is 43.4 Å². The van der Waals surface area contributed by atoms with Gasteiger partial charge in [-0.15, -0.1) is 6.58 Å². The van der Waals surface area contributed by atoms with Gasteiger partial charge in [0.1, 0.15) is 0 Å². The van der Waals surface area contributed by atoms with E-state index in [0.717, 1.165) is 0 Å². The van der Waals surface area contributed by atoms with Gasteiger partial charge >= 0.3 is 29.6 Å². The average Bonchev–Trinajstić information content (AvgIpc) is 1.67. The van der Waals surface area contributed by atoms with Gasteiger partial charge in [0.15, 0.2) is 0 Å². The summed E-state index contributed by atoms with van der Waals surface area (Å²) in [5, 5.41) is 0. The van der Waals surface area contributed by atoms with Crippen molar-refractivity contribution in [2.45, 2.75) is 0 Å². The van der Waals surface area contributed by atoms with Gasteiger partial charge in [-0.25, -0.2) is 0 Å².